The number of piperidine rings is 1. The van der Waals surface area contributed by atoms with Crippen molar-refractivity contribution < 1.29 is 9.15 Å². The van der Waals surface area contributed by atoms with Crippen LogP contribution in [0, 0.1) is 0 Å². The van der Waals surface area contributed by atoms with E-state index in [0.29, 0.717) is 6.61 Å². The van der Waals surface area contributed by atoms with Crippen LogP contribution in [-0.4, -0.2) is 39.3 Å². The summed E-state index contributed by atoms with van der Waals surface area (Å²) in [6.45, 7) is 3.44. The Morgan fingerprint density at radius 3 is 3.08 bits per heavy atom. The average Bonchev–Trinajstić information content (AvgIpc) is 3.33. The van der Waals surface area contributed by atoms with Gasteiger partial charge in [-0.15, -0.1) is 0 Å². The van der Waals surface area contributed by atoms with Gasteiger partial charge in [-0.05, 0) is 49.2 Å². The second-order valence-electron chi connectivity index (χ2n) is 6.41. The van der Waals surface area contributed by atoms with Crippen molar-refractivity contribution in [2.75, 3.05) is 13.1 Å². The number of H-pyrrole nitrogens is 1. The number of furan rings is 1. The lowest BCUT2D eigenvalue weighted by molar-refractivity contribution is -0.0134. The van der Waals surface area contributed by atoms with Crippen LogP contribution in [0.4, 0.5) is 0 Å². The molecular formula is C19H22N4O2. The first-order valence-corrected chi connectivity index (χ1v) is 8.68. The number of hydrogen-bond donors (Lipinski definition) is 1. The smallest absolute Gasteiger partial charge is 0.152 e. The molecule has 0 saturated carbocycles. The minimum Gasteiger partial charge on any atom is -0.458 e. The van der Waals surface area contributed by atoms with Crippen LogP contribution >= 0.6 is 0 Å². The van der Waals surface area contributed by atoms with Crippen molar-refractivity contribution in [1.29, 1.82) is 0 Å². The summed E-state index contributed by atoms with van der Waals surface area (Å²) in [5.74, 6) is 1.80. The van der Waals surface area contributed by atoms with E-state index in [4.69, 9.17) is 9.15 Å². The third kappa shape index (κ3) is 4.15. The fourth-order valence-electron chi connectivity index (χ4n) is 3.21. The predicted molar refractivity (Wildman–Crippen MR) is 93.6 cm³/mol. The standard InChI is InChI=1S/C19H22N4O2/c1-3-15(11-20-8-1)14-24-16-4-2-10-23(12-16)13-17-5-6-19(25-17)18-7-9-21-22-18/h1,3,5-9,11,16H,2,4,10,12-14H2,(H,21,22)/t16-/m0/s1. The van der Waals surface area contributed by atoms with Gasteiger partial charge in [-0.25, -0.2) is 0 Å². The molecule has 1 aliphatic rings. The molecule has 4 heterocycles. The zero-order valence-corrected chi connectivity index (χ0v) is 14.1. The monoisotopic (exact) mass is 338 g/mol. The molecule has 6 nitrogen and oxygen atoms in total. The van der Waals surface area contributed by atoms with Crippen molar-refractivity contribution in [2.24, 2.45) is 0 Å². The fraction of sp³-hybridized carbons (Fsp3) is 0.368. The number of nitrogens with zero attached hydrogens (tertiary/aromatic N) is 3. The van der Waals surface area contributed by atoms with Crippen LogP contribution in [0.25, 0.3) is 11.5 Å². The molecule has 0 radical (unpaired) electrons. The molecule has 1 N–H and O–H groups in total. The first-order valence-electron chi connectivity index (χ1n) is 8.68. The second-order valence-corrected chi connectivity index (χ2v) is 6.41. The van der Waals surface area contributed by atoms with E-state index in [0.717, 1.165) is 55.3 Å². The minimum absolute atomic E-state index is 0.260. The van der Waals surface area contributed by atoms with Gasteiger partial charge in [0.25, 0.3) is 0 Å². The Morgan fingerprint density at radius 2 is 2.24 bits per heavy atom. The van der Waals surface area contributed by atoms with Crippen LogP contribution in [-0.2, 0) is 17.9 Å². The molecule has 25 heavy (non-hydrogen) atoms. The highest BCUT2D eigenvalue weighted by molar-refractivity contribution is 5.51. The number of nitrogens with one attached hydrogen (secondary N) is 1. The molecule has 1 fully saturated rings. The molecule has 6 heteroatoms. The molecule has 1 atom stereocenters. The van der Waals surface area contributed by atoms with Gasteiger partial charge in [-0.2, -0.15) is 5.10 Å². The average molecular weight is 338 g/mol. The van der Waals surface area contributed by atoms with Crippen LogP contribution in [0.15, 0.2) is 53.3 Å². The maximum Gasteiger partial charge on any atom is 0.152 e. The summed E-state index contributed by atoms with van der Waals surface area (Å²) >= 11 is 0. The summed E-state index contributed by atoms with van der Waals surface area (Å²) < 4.78 is 12.0. The van der Waals surface area contributed by atoms with E-state index in [1.807, 2.05) is 36.5 Å². The zero-order valence-electron chi connectivity index (χ0n) is 14.1. The van der Waals surface area contributed by atoms with Gasteiger partial charge in [0.05, 0.1) is 19.3 Å². The van der Waals surface area contributed by atoms with Gasteiger partial charge < -0.3 is 9.15 Å². The van der Waals surface area contributed by atoms with E-state index in [-0.39, 0.29) is 6.10 Å². The Morgan fingerprint density at radius 1 is 1.24 bits per heavy atom. The first-order chi connectivity index (χ1) is 12.4. The number of ether oxygens (including phenoxy) is 1. The molecule has 0 aliphatic carbocycles. The van der Waals surface area contributed by atoms with Gasteiger partial charge in [0.15, 0.2) is 5.76 Å². The molecule has 3 aromatic rings. The van der Waals surface area contributed by atoms with E-state index < -0.39 is 0 Å². The van der Waals surface area contributed by atoms with Gasteiger partial charge in [-0.3, -0.25) is 15.0 Å². The molecule has 4 rings (SSSR count). The summed E-state index contributed by atoms with van der Waals surface area (Å²) in [6.07, 6.45) is 7.88. The van der Waals surface area contributed by atoms with E-state index in [1.165, 1.54) is 0 Å². The molecule has 0 aromatic carbocycles. The largest absolute Gasteiger partial charge is 0.458 e. The van der Waals surface area contributed by atoms with Gasteiger partial charge in [0.1, 0.15) is 11.5 Å². The number of aromatic amines is 1. The molecule has 0 unspecified atom stereocenters. The SMILES string of the molecule is c1cncc(CO[C@H]2CCCN(Cc3ccc(-c4ccn[nH]4)o3)C2)c1. The summed E-state index contributed by atoms with van der Waals surface area (Å²) in [5.41, 5.74) is 2.03. The van der Waals surface area contributed by atoms with Gasteiger partial charge in [0.2, 0.25) is 0 Å². The highest BCUT2D eigenvalue weighted by Gasteiger charge is 2.21. The van der Waals surface area contributed by atoms with E-state index >= 15 is 0 Å². The van der Waals surface area contributed by atoms with Gasteiger partial charge in [-0.1, -0.05) is 6.07 Å². The van der Waals surface area contributed by atoms with Crippen molar-refractivity contribution in [2.45, 2.75) is 32.1 Å². The first kappa shape index (κ1) is 16.1. The molecule has 130 valence electrons. The normalized spacial score (nSPS) is 18.5. The number of rotatable bonds is 6. The Balaban J connectivity index is 1.31. The van der Waals surface area contributed by atoms with Crippen LogP contribution in [0.3, 0.4) is 0 Å². The highest BCUT2D eigenvalue weighted by Crippen LogP contribution is 2.22. The Bertz CT molecular complexity index is 770. The molecule has 0 bridgehead atoms. The van der Waals surface area contributed by atoms with Crippen LogP contribution in [0.1, 0.15) is 24.2 Å². The summed E-state index contributed by atoms with van der Waals surface area (Å²) in [6, 6.07) is 9.93. The molecule has 0 amide bonds. The molecule has 1 saturated heterocycles. The van der Waals surface area contributed by atoms with Crippen LogP contribution in [0.2, 0.25) is 0 Å². The van der Waals surface area contributed by atoms with E-state index in [9.17, 15) is 0 Å². The lowest BCUT2D eigenvalue weighted by atomic mass is 10.1. The highest BCUT2D eigenvalue weighted by atomic mass is 16.5. The number of pyridine rings is 1. The third-order valence-electron chi connectivity index (χ3n) is 4.48. The van der Waals surface area contributed by atoms with E-state index in [1.54, 1.807) is 12.4 Å². The zero-order chi connectivity index (χ0) is 16.9. The Hall–Kier alpha value is -2.44. The molecule has 3 aromatic heterocycles. The topological polar surface area (TPSA) is 67.2 Å². The molecule has 1 aliphatic heterocycles. The van der Waals surface area contributed by atoms with Crippen molar-refractivity contribution in [3.8, 4) is 11.5 Å². The predicted octanol–water partition coefficient (Wildman–Crippen LogP) is 3.25. The van der Waals surface area contributed by atoms with Crippen molar-refractivity contribution in [3.05, 3.63) is 60.2 Å². The number of likely N-dealkylation sites (tertiary alicyclic amines) is 1. The van der Waals surface area contributed by atoms with Crippen LogP contribution < -0.4 is 0 Å². The Kier molecular flexibility index (Phi) is 4.90. The summed E-state index contributed by atoms with van der Waals surface area (Å²) in [4.78, 5) is 6.53. The third-order valence-corrected chi connectivity index (χ3v) is 4.48. The van der Waals surface area contributed by atoms with Crippen molar-refractivity contribution in [3.63, 3.8) is 0 Å². The maximum absolute atomic E-state index is 6.08. The Labute approximate surface area is 146 Å². The number of hydrogen-bond acceptors (Lipinski definition) is 5. The maximum atomic E-state index is 6.08. The number of aromatic nitrogens is 3. The van der Waals surface area contributed by atoms with Gasteiger partial charge >= 0.3 is 0 Å². The van der Waals surface area contributed by atoms with E-state index in [2.05, 4.69) is 20.1 Å². The fourth-order valence-corrected chi connectivity index (χ4v) is 3.21. The lowest BCUT2D eigenvalue weighted by Crippen LogP contribution is -2.39. The minimum atomic E-state index is 0.260. The quantitative estimate of drug-likeness (QED) is 0.747. The van der Waals surface area contributed by atoms with Crippen molar-refractivity contribution in [1.82, 2.24) is 20.1 Å². The molecule has 0 spiro atoms. The van der Waals surface area contributed by atoms with Crippen LogP contribution in [0.5, 0.6) is 0 Å². The molecular weight excluding hydrogens is 316 g/mol. The lowest BCUT2D eigenvalue weighted by Gasteiger charge is -2.32. The summed E-state index contributed by atoms with van der Waals surface area (Å²) in [5, 5.41) is 6.89. The van der Waals surface area contributed by atoms with Crippen molar-refractivity contribution >= 4 is 0 Å². The summed E-state index contributed by atoms with van der Waals surface area (Å²) in [7, 11) is 0. The second kappa shape index (κ2) is 7.63. The van der Waals surface area contributed by atoms with Gasteiger partial charge in [0, 0.05) is 25.1 Å².